The molecule has 0 aliphatic carbocycles. The summed E-state index contributed by atoms with van der Waals surface area (Å²) in [6.45, 7) is 3.92. The van der Waals surface area contributed by atoms with Crippen molar-refractivity contribution in [1.29, 1.82) is 0 Å². The summed E-state index contributed by atoms with van der Waals surface area (Å²) in [5, 5.41) is 3.04. The first-order chi connectivity index (χ1) is 9.43. The predicted molar refractivity (Wildman–Crippen MR) is 83.4 cm³/mol. The molecule has 0 atom stereocenters. The maximum atomic E-state index is 12.0. The Morgan fingerprint density at radius 2 is 2.00 bits per heavy atom. The first kappa shape index (κ1) is 17.5. The molecule has 114 valence electrons. The molecule has 0 aromatic carbocycles. The van der Waals surface area contributed by atoms with Crippen molar-refractivity contribution >= 4 is 28.4 Å². The van der Waals surface area contributed by atoms with Crippen molar-refractivity contribution in [3.05, 3.63) is 15.1 Å². The minimum absolute atomic E-state index is 0.204. The van der Waals surface area contributed by atoms with Gasteiger partial charge in [0.15, 0.2) is 0 Å². The second-order valence-electron chi connectivity index (χ2n) is 4.81. The second-order valence-corrected chi connectivity index (χ2v) is 5.89. The van der Waals surface area contributed by atoms with E-state index < -0.39 is 13.0 Å². The van der Waals surface area contributed by atoms with Crippen molar-refractivity contribution in [1.82, 2.24) is 9.97 Å². The number of aromatic nitrogens is 2. The Morgan fingerprint density at radius 1 is 1.30 bits per heavy atom. The normalized spacial score (nSPS) is 11.4. The highest BCUT2D eigenvalue weighted by molar-refractivity contribution is 14.1. The maximum Gasteiger partial charge on any atom is 0.261 e. The lowest BCUT2D eigenvalue weighted by atomic mass is 10.1. The molecule has 0 fully saturated rings. The van der Waals surface area contributed by atoms with Crippen LogP contribution in [0.1, 0.15) is 25.4 Å². The summed E-state index contributed by atoms with van der Waals surface area (Å²) in [7, 11) is 1.81. The van der Waals surface area contributed by atoms with Gasteiger partial charge in [0.05, 0.1) is 15.9 Å². The first-order valence-corrected chi connectivity index (χ1v) is 7.60. The molecule has 0 aliphatic heterocycles. The van der Waals surface area contributed by atoms with E-state index in [0.717, 1.165) is 21.5 Å². The standard InChI is InChI=1S/C13H20F2IN3O/c1-8(2)6-9-12(16)13(17-3)19-11(18-9)4-5-20-7-10(14)15/h8,10H,4-7H2,1-3H3,(H,17,18,19). The molecule has 0 unspecified atom stereocenters. The highest BCUT2D eigenvalue weighted by atomic mass is 127. The highest BCUT2D eigenvalue weighted by Crippen LogP contribution is 2.21. The van der Waals surface area contributed by atoms with Crippen LogP contribution < -0.4 is 5.32 Å². The quantitative estimate of drug-likeness (QED) is 0.539. The average molecular weight is 399 g/mol. The van der Waals surface area contributed by atoms with Crippen molar-refractivity contribution in [2.45, 2.75) is 33.1 Å². The van der Waals surface area contributed by atoms with E-state index in [1.54, 1.807) is 7.05 Å². The molecule has 4 nitrogen and oxygen atoms in total. The second kappa shape index (κ2) is 8.66. The van der Waals surface area contributed by atoms with Crippen LogP contribution in [0.3, 0.4) is 0 Å². The van der Waals surface area contributed by atoms with Gasteiger partial charge in [-0.2, -0.15) is 0 Å². The van der Waals surface area contributed by atoms with Gasteiger partial charge in [-0.1, -0.05) is 13.8 Å². The third-order valence-electron chi connectivity index (χ3n) is 2.52. The van der Waals surface area contributed by atoms with Crippen LogP contribution in [0, 0.1) is 9.49 Å². The fourth-order valence-corrected chi connectivity index (χ4v) is 2.41. The molecule has 7 heteroatoms. The summed E-state index contributed by atoms with van der Waals surface area (Å²) < 4.78 is 29.8. The van der Waals surface area contributed by atoms with Gasteiger partial charge in [-0.25, -0.2) is 18.7 Å². The van der Waals surface area contributed by atoms with Gasteiger partial charge in [0, 0.05) is 13.5 Å². The molecule has 1 rings (SSSR count). The number of ether oxygens (including phenoxy) is 1. The van der Waals surface area contributed by atoms with Crippen LogP contribution in [0.5, 0.6) is 0 Å². The van der Waals surface area contributed by atoms with Crippen LogP contribution in [0.4, 0.5) is 14.6 Å². The summed E-state index contributed by atoms with van der Waals surface area (Å²) in [6, 6.07) is 0. The van der Waals surface area contributed by atoms with Crippen molar-refractivity contribution < 1.29 is 13.5 Å². The minimum atomic E-state index is -2.43. The fraction of sp³-hybridized carbons (Fsp3) is 0.692. The number of alkyl halides is 2. The van der Waals surface area contributed by atoms with Gasteiger partial charge in [0.2, 0.25) is 0 Å². The summed E-state index contributed by atoms with van der Waals surface area (Å²) >= 11 is 2.23. The first-order valence-electron chi connectivity index (χ1n) is 6.53. The summed E-state index contributed by atoms with van der Waals surface area (Å²) in [5.41, 5.74) is 0.990. The zero-order valence-electron chi connectivity index (χ0n) is 11.9. The SMILES string of the molecule is CNc1nc(CCOCC(F)F)nc(CC(C)C)c1I. The molecular weight excluding hydrogens is 379 g/mol. The molecule has 0 saturated heterocycles. The molecule has 0 amide bonds. The van der Waals surface area contributed by atoms with Gasteiger partial charge in [-0.3, -0.25) is 0 Å². The lowest BCUT2D eigenvalue weighted by molar-refractivity contribution is 0.0183. The monoisotopic (exact) mass is 399 g/mol. The van der Waals surface area contributed by atoms with Gasteiger partial charge in [-0.05, 0) is 34.9 Å². The molecule has 0 bridgehead atoms. The Labute approximate surface area is 131 Å². The molecule has 1 heterocycles. The highest BCUT2D eigenvalue weighted by Gasteiger charge is 2.13. The smallest absolute Gasteiger partial charge is 0.261 e. The topological polar surface area (TPSA) is 47.0 Å². The van der Waals surface area contributed by atoms with E-state index >= 15 is 0 Å². The maximum absolute atomic E-state index is 12.0. The number of rotatable bonds is 8. The molecule has 0 aliphatic rings. The number of hydrogen-bond acceptors (Lipinski definition) is 4. The molecule has 0 saturated carbocycles. The summed E-state index contributed by atoms with van der Waals surface area (Å²) in [4.78, 5) is 8.89. The van der Waals surface area contributed by atoms with E-state index in [1.807, 2.05) is 0 Å². The third kappa shape index (κ3) is 5.82. The van der Waals surface area contributed by atoms with Gasteiger partial charge < -0.3 is 10.1 Å². The van der Waals surface area contributed by atoms with Crippen LogP contribution >= 0.6 is 22.6 Å². The average Bonchev–Trinajstić information content (AvgIpc) is 2.37. The zero-order chi connectivity index (χ0) is 15.1. The fourth-order valence-electron chi connectivity index (χ4n) is 1.68. The van der Waals surface area contributed by atoms with Crippen molar-refractivity contribution in [3.8, 4) is 0 Å². The van der Waals surface area contributed by atoms with Gasteiger partial charge in [-0.15, -0.1) is 0 Å². The van der Waals surface area contributed by atoms with Crippen molar-refractivity contribution in [2.75, 3.05) is 25.6 Å². The molecule has 0 radical (unpaired) electrons. The molecule has 1 aromatic rings. The van der Waals surface area contributed by atoms with Crippen LogP contribution in [-0.4, -0.2) is 36.7 Å². The van der Waals surface area contributed by atoms with Crippen molar-refractivity contribution in [3.63, 3.8) is 0 Å². The van der Waals surface area contributed by atoms with E-state index in [2.05, 4.69) is 51.7 Å². The minimum Gasteiger partial charge on any atom is -0.375 e. The predicted octanol–water partition coefficient (Wildman–Crippen LogP) is 3.15. The van der Waals surface area contributed by atoms with Gasteiger partial charge in [0.25, 0.3) is 6.43 Å². The molecule has 0 spiro atoms. The van der Waals surface area contributed by atoms with E-state index in [4.69, 9.17) is 4.74 Å². The van der Waals surface area contributed by atoms with Gasteiger partial charge >= 0.3 is 0 Å². The van der Waals surface area contributed by atoms with E-state index in [1.165, 1.54) is 0 Å². The number of anilines is 1. The van der Waals surface area contributed by atoms with E-state index in [9.17, 15) is 8.78 Å². The Hall–Kier alpha value is -0.570. The van der Waals surface area contributed by atoms with Crippen LogP contribution in [0.15, 0.2) is 0 Å². The molecule has 1 aromatic heterocycles. The number of halogens is 3. The lowest BCUT2D eigenvalue weighted by Gasteiger charge is -2.12. The van der Waals surface area contributed by atoms with Crippen LogP contribution in [-0.2, 0) is 17.6 Å². The van der Waals surface area contributed by atoms with E-state index in [-0.39, 0.29) is 6.61 Å². The van der Waals surface area contributed by atoms with E-state index in [0.29, 0.717) is 18.2 Å². The number of nitrogens with zero attached hydrogens (tertiary/aromatic N) is 2. The molecular formula is C13H20F2IN3O. The lowest BCUT2D eigenvalue weighted by Crippen LogP contribution is -2.13. The van der Waals surface area contributed by atoms with Crippen LogP contribution in [0.25, 0.3) is 0 Å². The Balaban J connectivity index is 2.75. The van der Waals surface area contributed by atoms with Gasteiger partial charge in [0.1, 0.15) is 18.2 Å². The largest absolute Gasteiger partial charge is 0.375 e. The Bertz CT molecular complexity index is 430. The Morgan fingerprint density at radius 3 is 2.55 bits per heavy atom. The number of nitrogens with one attached hydrogen (secondary N) is 1. The number of hydrogen-bond donors (Lipinski definition) is 1. The molecule has 1 N–H and O–H groups in total. The van der Waals surface area contributed by atoms with Crippen LogP contribution in [0.2, 0.25) is 0 Å². The van der Waals surface area contributed by atoms with Crippen molar-refractivity contribution in [2.24, 2.45) is 5.92 Å². The molecule has 20 heavy (non-hydrogen) atoms. The zero-order valence-corrected chi connectivity index (χ0v) is 14.1. The Kier molecular flexibility index (Phi) is 7.57. The third-order valence-corrected chi connectivity index (χ3v) is 3.65. The summed E-state index contributed by atoms with van der Waals surface area (Å²) in [6.07, 6.45) is -1.14. The summed E-state index contributed by atoms with van der Waals surface area (Å²) in [5.74, 6) is 1.89.